The molecule has 0 aromatic rings. The Morgan fingerprint density at radius 2 is 2.06 bits per heavy atom. The van der Waals surface area contributed by atoms with Crippen molar-refractivity contribution in [3.05, 3.63) is 0 Å². The molecule has 0 radical (unpaired) electrons. The summed E-state index contributed by atoms with van der Waals surface area (Å²) in [5.41, 5.74) is 0. The molecule has 3 nitrogen and oxygen atoms in total. The molecular formula is C13H28N2O. The van der Waals surface area contributed by atoms with Gasteiger partial charge in [-0.2, -0.15) is 0 Å². The van der Waals surface area contributed by atoms with Crippen molar-refractivity contribution in [3.63, 3.8) is 0 Å². The van der Waals surface area contributed by atoms with Gasteiger partial charge in [0.2, 0.25) is 0 Å². The SMILES string of the molecule is CCC(C)N(CCOC)CC1CCNCC1. The van der Waals surface area contributed by atoms with E-state index in [-0.39, 0.29) is 0 Å². The van der Waals surface area contributed by atoms with Gasteiger partial charge in [-0.25, -0.2) is 0 Å². The molecule has 1 fully saturated rings. The van der Waals surface area contributed by atoms with Gasteiger partial charge in [-0.15, -0.1) is 0 Å². The molecule has 1 aliphatic rings. The van der Waals surface area contributed by atoms with Crippen molar-refractivity contribution in [3.8, 4) is 0 Å². The summed E-state index contributed by atoms with van der Waals surface area (Å²) in [5, 5.41) is 3.43. The van der Waals surface area contributed by atoms with Gasteiger partial charge in [-0.1, -0.05) is 6.92 Å². The van der Waals surface area contributed by atoms with E-state index < -0.39 is 0 Å². The van der Waals surface area contributed by atoms with E-state index in [2.05, 4.69) is 24.1 Å². The van der Waals surface area contributed by atoms with Gasteiger partial charge in [-0.05, 0) is 45.2 Å². The Labute approximate surface area is 101 Å². The summed E-state index contributed by atoms with van der Waals surface area (Å²) in [7, 11) is 1.79. The van der Waals surface area contributed by atoms with E-state index in [4.69, 9.17) is 4.74 Å². The van der Waals surface area contributed by atoms with Crippen LogP contribution in [0.15, 0.2) is 0 Å². The third-order valence-corrected chi connectivity index (χ3v) is 3.75. The van der Waals surface area contributed by atoms with Crippen molar-refractivity contribution >= 4 is 0 Å². The van der Waals surface area contributed by atoms with Gasteiger partial charge in [0, 0.05) is 26.2 Å². The van der Waals surface area contributed by atoms with Crippen molar-refractivity contribution in [2.45, 2.75) is 39.2 Å². The minimum absolute atomic E-state index is 0.685. The highest BCUT2D eigenvalue weighted by molar-refractivity contribution is 4.75. The van der Waals surface area contributed by atoms with Gasteiger partial charge >= 0.3 is 0 Å². The maximum Gasteiger partial charge on any atom is 0.0589 e. The largest absolute Gasteiger partial charge is 0.383 e. The molecule has 1 atom stereocenters. The lowest BCUT2D eigenvalue weighted by Gasteiger charge is -2.33. The fourth-order valence-corrected chi connectivity index (χ4v) is 2.35. The summed E-state index contributed by atoms with van der Waals surface area (Å²) in [6, 6.07) is 0.685. The molecule has 0 amide bonds. The van der Waals surface area contributed by atoms with Crippen LogP contribution in [0.3, 0.4) is 0 Å². The van der Waals surface area contributed by atoms with E-state index in [0.29, 0.717) is 6.04 Å². The van der Waals surface area contributed by atoms with Crippen LogP contribution in [-0.2, 0) is 4.74 Å². The fourth-order valence-electron chi connectivity index (χ4n) is 2.35. The lowest BCUT2D eigenvalue weighted by Crippen LogP contribution is -2.41. The predicted molar refractivity (Wildman–Crippen MR) is 68.8 cm³/mol. The Morgan fingerprint density at radius 3 is 2.62 bits per heavy atom. The zero-order valence-electron chi connectivity index (χ0n) is 11.2. The molecule has 1 heterocycles. The molecule has 0 aromatic carbocycles. The topological polar surface area (TPSA) is 24.5 Å². The van der Waals surface area contributed by atoms with Crippen LogP contribution in [0.2, 0.25) is 0 Å². The van der Waals surface area contributed by atoms with Gasteiger partial charge in [0.15, 0.2) is 0 Å². The first-order valence-corrected chi connectivity index (χ1v) is 6.71. The second-order valence-corrected chi connectivity index (χ2v) is 4.94. The van der Waals surface area contributed by atoms with Crippen molar-refractivity contribution < 1.29 is 4.74 Å². The quantitative estimate of drug-likeness (QED) is 0.718. The lowest BCUT2D eigenvalue weighted by atomic mass is 9.97. The monoisotopic (exact) mass is 228 g/mol. The van der Waals surface area contributed by atoms with Gasteiger partial charge in [-0.3, -0.25) is 4.90 Å². The first-order valence-electron chi connectivity index (χ1n) is 6.71. The van der Waals surface area contributed by atoms with Crippen molar-refractivity contribution in [2.24, 2.45) is 5.92 Å². The first-order chi connectivity index (χ1) is 7.77. The number of hydrogen-bond acceptors (Lipinski definition) is 3. The smallest absolute Gasteiger partial charge is 0.0589 e. The normalized spacial score (nSPS) is 20.2. The lowest BCUT2D eigenvalue weighted by molar-refractivity contribution is 0.103. The molecule has 1 rings (SSSR count). The summed E-state index contributed by atoms with van der Waals surface area (Å²) in [6.45, 7) is 10.2. The number of nitrogens with one attached hydrogen (secondary N) is 1. The average molecular weight is 228 g/mol. The van der Waals surface area contributed by atoms with Gasteiger partial charge in [0.1, 0.15) is 0 Å². The molecule has 1 unspecified atom stereocenters. The van der Waals surface area contributed by atoms with E-state index in [1.807, 2.05) is 0 Å². The highest BCUT2D eigenvalue weighted by Crippen LogP contribution is 2.15. The Balaban J connectivity index is 2.34. The van der Waals surface area contributed by atoms with Crippen molar-refractivity contribution in [1.29, 1.82) is 0 Å². The zero-order chi connectivity index (χ0) is 11.8. The van der Waals surface area contributed by atoms with Crippen LogP contribution in [0.1, 0.15) is 33.1 Å². The van der Waals surface area contributed by atoms with Gasteiger partial charge in [0.25, 0.3) is 0 Å². The van der Waals surface area contributed by atoms with Crippen LogP contribution in [0, 0.1) is 5.92 Å². The molecule has 3 heteroatoms. The number of nitrogens with zero attached hydrogens (tertiary/aromatic N) is 1. The second-order valence-electron chi connectivity index (χ2n) is 4.94. The summed E-state index contributed by atoms with van der Waals surface area (Å²) in [5.74, 6) is 0.882. The van der Waals surface area contributed by atoms with E-state index in [9.17, 15) is 0 Å². The first kappa shape index (κ1) is 13.9. The Hall–Kier alpha value is -0.120. The minimum Gasteiger partial charge on any atom is -0.383 e. The van der Waals surface area contributed by atoms with Crippen molar-refractivity contribution in [1.82, 2.24) is 10.2 Å². The Morgan fingerprint density at radius 1 is 1.38 bits per heavy atom. The number of piperidine rings is 1. The number of methoxy groups -OCH3 is 1. The fraction of sp³-hybridized carbons (Fsp3) is 1.00. The number of rotatable bonds is 7. The van der Waals surface area contributed by atoms with Crippen LogP contribution in [0.5, 0.6) is 0 Å². The molecule has 0 saturated carbocycles. The molecule has 0 aromatic heterocycles. The van der Waals surface area contributed by atoms with Crippen LogP contribution in [-0.4, -0.2) is 50.8 Å². The molecule has 96 valence electrons. The third kappa shape index (κ3) is 4.81. The zero-order valence-corrected chi connectivity index (χ0v) is 11.2. The Bertz CT molecular complexity index is 169. The highest BCUT2D eigenvalue weighted by Gasteiger charge is 2.19. The summed E-state index contributed by atoms with van der Waals surface area (Å²) < 4.78 is 5.20. The van der Waals surface area contributed by atoms with Crippen molar-refractivity contribution in [2.75, 3.05) is 39.9 Å². The third-order valence-electron chi connectivity index (χ3n) is 3.75. The predicted octanol–water partition coefficient (Wildman–Crippen LogP) is 1.73. The maximum absolute atomic E-state index is 5.20. The molecule has 0 bridgehead atoms. The van der Waals surface area contributed by atoms with Crippen LogP contribution < -0.4 is 5.32 Å². The molecule has 0 spiro atoms. The van der Waals surface area contributed by atoms with Crippen LogP contribution in [0.25, 0.3) is 0 Å². The molecule has 0 aliphatic carbocycles. The van der Waals surface area contributed by atoms with E-state index >= 15 is 0 Å². The average Bonchev–Trinajstić information content (AvgIpc) is 2.34. The highest BCUT2D eigenvalue weighted by atomic mass is 16.5. The number of ether oxygens (including phenoxy) is 1. The standard InChI is InChI=1S/C13H28N2O/c1-4-12(2)15(9-10-16-3)11-13-5-7-14-8-6-13/h12-14H,4-11H2,1-3H3. The molecule has 16 heavy (non-hydrogen) atoms. The van der Waals surface area contributed by atoms with Gasteiger partial charge < -0.3 is 10.1 Å². The summed E-state index contributed by atoms with van der Waals surface area (Å²) in [4.78, 5) is 2.60. The summed E-state index contributed by atoms with van der Waals surface area (Å²) >= 11 is 0. The number of hydrogen-bond donors (Lipinski definition) is 1. The maximum atomic E-state index is 5.20. The Kier molecular flexibility index (Phi) is 7.01. The molecule has 1 N–H and O–H groups in total. The second kappa shape index (κ2) is 8.04. The minimum atomic E-state index is 0.685. The van der Waals surface area contributed by atoms with E-state index in [0.717, 1.165) is 19.1 Å². The van der Waals surface area contributed by atoms with E-state index in [1.54, 1.807) is 7.11 Å². The van der Waals surface area contributed by atoms with Crippen LogP contribution >= 0.6 is 0 Å². The molecular weight excluding hydrogens is 200 g/mol. The molecule has 1 saturated heterocycles. The molecule has 1 aliphatic heterocycles. The summed E-state index contributed by atoms with van der Waals surface area (Å²) in [6.07, 6.45) is 3.90. The van der Waals surface area contributed by atoms with Crippen LogP contribution in [0.4, 0.5) is 0 Å². The van der Waals surface area contributed by atoms with E-state index in [1.165, 1.54) is 38.9 Å². The van der Waals surface area contributed by atoms with Gasteiger partial charge in [0.05, 0.1) is 6.61 Å².